The van der Waals surface area contributed by atoms with Gasteiger partial charge in [-0.15, -0.1) is 11.3 Å². The minimum atomic E-state index is 0.565. The number of nitrogens with one attached hydrogen (secondary N) is 1. The van der Waals surface area contributed by atoms with Gasteiger partial charge in [-0.2, -0.15) is 0 Å². The van der Waals surface area contributed by atoms with Gasteiger partial charge in [0, 0.05) is 41.5 Å². The first-order valence-electron chi connectivity index (χ1n) is 10.1. The maximum Gasteiger partial charge on any atom is 0.226 e. The van der Waals surface area contributed by atoms with Crippen LogP contribution in [0.4, 0.5) is 11.9 Å². The summed E-state index contributed by atoms with van der Waals surface area (Å²) in [5, 5.41) is 5.37. The Bertz CT molecular complexity index is 1150. The lowest BCUT2D eigenvalue weighted by molar-refractivity contribution is 0.122. The van der Waals surface area contributed by atoms with Gasteiger partial charge in [-0.25, -0.2) is 19.9 Å². The van der Waals surface area contributed by atoms with E-state index < -0.39 is 0 Å². The van der Waals surface area contributed by atoms with Crippen molar-refractivity contribution in [2.45, 2.75) is 13.5 Å². The first kappa shape index (κ1) is 19.7. The van der Waals surface area contributed by atoms with Crippen LogP contribution in [0.15, 0.2) is 52.7 Å². The van der Waals surface area contributed by atoms with E-state index in [0.717, 1.165) is 41.4 Å². The second kappa shape index (κ2) is 8.83. The van der Waals surface area contributed by atoms with Gasteiger partial charge in [-0.3, -0.25) is 0 Å². The predicted octanol–water partition coefficient (Wildman–Crippen LogP) is 4.01. The van der Waals surface area contributed by atoms with Crippen LogP contribution in [-0.2, 0) is 11.3 Å². The summed E-state index contributed by atoms with van der Waals surface area (Å²) in [5.41, 5.74) is 3.31. The highest BCUT2D eigenvalue weighted by atomic mass is 32.1. The molecule has 5 rings (SSSR count). The van der Waals surface area contributed by atoms with E-state index in [0.29, 0.717) is 31.7 Å². The van der Waals surface area contributed by atoms with Gasteiger partial charge in [-0.1, -0.05) is 6.07 Å². The maximum absolute atomic E-state index is 5.55. The summed E-state index contributed by atoms with van der Waals surface area (Å²) in [6.45, 7) is 5.52. The molecule has 5 heterocycles. The Kier molecular flexibility index (Phi) is 5.59. The number of aryl methyl sites for hydroxylation is 1. The molecule has 0 aliphatic carbocycles. The molecule has 1 fully saturated rings. The maximum atomic E-state index is 5.55. The summed E-state index contributed by atoms with van der Waals surface area (Å²) in [7, 11) is 0. The van der Waals surface area contributed by atoms with E-state index in [1.165, 1.54) is 4.88 Å². The standard InChI is InChI=1S/C22H22N6O2S/c1-15-17(5-9-30-15)20-18(14-25-21(27-20)24-13-16-3-2-12-31-16)19-4-6-23-22(26-19)28-7-10-29-11-8-28/h2-6,9,12,14H,7-8,10-11,13H2,1H3,(H,24,25,27). The fraction of sp³-hybridized carbons (Fsp3) is 0.273. The van der Waals surface area contributed by atoms with Gasteiger partial charge >= 0.3 is 0 Å². The third kappa shape index (κ3) is 4.28. The van der Waals surface area contributed by atoms with Crippen molar-refractivity contribution in [1.82, 2.24) is 19.9 Å². The predicted molar refractivity (Wildman–Crippen MR) is 120 cm³/mol. The van der Waals surface area contributed by atoms with Crippen LogP contribution in [0.3, 0.4) is 0 Å². The van der Waals surface area contributed by atoms with Crippen molar-refractivity contribution < 1.29 is 9.15 Å². The highest BCUT2D eigenvalue weighted by Gasteiger charge is 2.19. The minimum Gasteiger partial charge on any atom is -0.469 e. The van der Waals surface area contributed by atoms with Crippen molar-refractivity contribution in [3.8, 4) is 22.5 Å². The Morgan fingerprint density at radius 1 is 1.10 bits per heavy atom. The summed E-state index contributed by atoms with van der Waals surface area (Å²) < 4.78 is 11.0. The molecule has 0 unspecified atom stereocenters. The molecule has 1 aliphatic rings. The lowest BCUT2D eigenvalue weighted by Crippen LogP contribution is -2.37. The third-order valence-corrected chi connectivity index (χ3v) is 5.99. The highest BCUT2D eigenvalue weighted by molar-refractivity contribution is 7.09. The normalized spacial score (nSPS) is 14.0. The van der Waals surface area contributed by atoms with Crippen LogP contribution in [0.2, 0.25) is 0 Å². The zero-order chi connectivity index (χ0) is 21.0. The Morgan fingerprint density at radius 3 is 2.77 bits per heavy atom. The number of morpholine rings is 1. The summed E-state index contributed by atoms with van der Waals surface area (Å²) in [6, 6.07) is 7.93. The van der Waals surface area contributed by atoms with Gasteiger partial charge in [0.15, 0.2) is 0 Å². The molecule has 1 N–H and O–H groups in total. The number of anilines is 2. The quantitative estimate of drug-likeness (QED) is 0.487. The molecule has 0 spiro atoms. The number of hydrogen-bond acceptors (Lipinski definition) is 9. The smallest absolute Gasteiger partial charge is 0.226 e. The number of rotatable bonds is 6. The lowest BCUT2D eigenvalue weighted by Gasteiger charge is -2.26. The van der Waals surface area contributed by atoms with Crippen LogP contribution in [0.25, 0.3) is 22.5 Å². The molecule has 0 aromatic carbocycles. The largest absolute Gasteiger partial charge is 0.469 e. The average molecular weight is 435 g/mol. The van der Waals surface area contributed by atoms with Crippen molar-refractivity contribution >= 4 is 23.2 Å². The molecule has 0 atom stereocenters. The summed E-state index contributed by atoms with van der Waals surface area (Å²) in [6.07, 6.45) is 5.27. The van der Waals surface area contributed by atoms with Gasteiger partial charge in [0.25, 0.3) is 0 Å². The van der Waals surface area contributed by atoms with Gasteiger partial charge in [0.2, 0.25) is 11.9 Å². The van der Waals surface area contributed by atoms with E-state index >= 15 is 0 Å². The zero-order valence-electron chi connectivity index (χ0n) is 17.1. The van der Waals surface area contributed by atoms with Crippen LogP contribution >= 0.6 is 11.3 Å². The number of aromatic nitrogens is 4. The Morgan fingerprint density at radius 2 is 2.00 bits per heavy atom. The zero-order valence-corrected chi connectivity index (χ0v) is 17.9. The molecular weight excluding hydrogens is 412 g/mol. The summed E-state index contributed by atoms with van der Waals surface area (Å²) in [5.74, 6) is 2.05. The SMILES string of the molecule is Cc1occc1-c1nc(NCc2cccs2)ncc1-c1ccnc(N2CCOCC2)n1. The van der Waals surface area contributed by atoms with Gasteiger partial charge in [0.1, 0.15) is 5.76 Å². The van der Waals surface area contributed by atoms with Crippen LogP contribution in [0.1, 0.15) is 10.6 Å². The number of thiophene rings is 1. The molecule has 4 aromatic rings. The Labute approximate surface area is 184 Å². The molecular formula is C22H22N6O2S. The lowest BCUT2D eigenvalue weighted by atomic mass is 10.1. The molecule has 9 heteroatoms. The van der Waals surface area contributed by atoms with E-state index in [1.807, 2.05) is 31.3 Å². The molecule has 0 amide bonds. The van der Waals surface area contributed by atoms with E-state index in [1.54, 1.807) is 23.8 Å². The minimum absolute atomic E-state index is 0.565. The monoisotopic (exact) mass is 434 g/mol. The third-order valence-electron chi connectivity index (χ3n) is 5.12. The van der Waals surface area contributed by atoms with Crippen molar-refractivity contribution in [2.24, 2.45) is 0 Å². The Balaban J connectivity index is 1.51. The molecule has 0 bridgehead atoms. The van der Waals surface area contributed by atoms with Crippen LogP contribution in [0.5, 0.6) is 0 Å². The van der Waals surface area contributed by atoms with Crippen molar-refractivity contribution in [1.29, 1.82) is 0 Å². The van der Waals surface area contributed by atoms with Crippen LogP contribution in [0, 0.1) is 6.92 Å². The molecule has 31 heavy (non-hydrogen) atoms. The second-order valence-electron chi connectivity index (χ2n) is 7.12. The first-order chi connectivity index (χ1) is 15.3. The van der Waals surface area contributed by atoms with Crippen molar-refractivity contribution in [2.75, 3.05) is 36.5 Å². The van der Waals surface area contributed by atoms with E-state index in [9.17, 15) is 0 Å². The molecule has 8 nitrogen and oxygen atoms in total. The fourth-order valence-electron chi connectivity index (χ4n) is 3.48. The molecule has 1 saturated heterocycles. The molecule has 0 saturated carbocycles. The Hall–Kier alpha value is -3.30. The van der Waals surface area contributed by atoms with Gasteiger partial charge < -0.3 is 19.4 Å². The van der Waals surface area contributed by atoms with Crippen molar-refractivity contribution in [3.63, 3.8) is 0 Å². The van der Waals surface area contributed by atoms with E-state index in [4.69, 9.17) is 19.1 Å². The fourth-order valence-corrected chi connectivity index (χ4v) is 4.13. The average Bonchev–Trinajstić information content (AvgIpc) is 3.50. The summed E-state index contributed by atoms with van der Waals surface area (Å²) >= 11 is 1.70. The van der Waals surface area contributed by atoms with Crippen LogP contribution in [-0.4, -0.2) is 46.2 Å². The number of nitrogens with zero attached hydrogens (tertiary/aromatic N) is 5. The highest BCUT2D eigenvalue weighted by Crippen LogP contribution is 2.33. The number of furan rings is 1. The van der Waals surface area contributed by atoms with Crippen LogP contribution < -0.4 is 10.2 Å². The molecule has 4 aromatic heterocycles. The van der Waals surface area contributed by atoms with Gasteiger partial charge in [-0.05, 0) is 30.5 Å². The van der Waals surface area contributed by atoms with E-state index in [-0.39, 0.29) is 0 Å². The van der Waals surface area contributed by atoms with Crippen molar-refractivity contribution in [3.05, 3.63) is 58.9 Å². The topological polar surface area (TPSA) is 89.2 Å². The molecule has 158 valence electrons. The summed E-state index contributed by atoms with van der Waals surface area (Å²) in [4.78, 5) is 22.0. The molecule has 1 aliphatic heterocycles. The first-order valence-corrected chi connectivity index (χ1v) is 11.0. The second-order valence-corrected chi connectivity index (χ2v) is 8.15. The van der Waals surface area contributed by atoms with E-state index in [2.05, 4.69) is 31.6 Å². The number of hydrogen-bond donors (Lipinski definition) is 1. The molecule has 0 radical (unpaired) electrons. The number of ether oxygens (including phenoxy) is 1. The van der Waals surface area contributed by atoms with Gasteiger partial charge in [0.05, 0.1) is 37.4 Å².